The average Bonchev–Trinajstić information content (AvgIpc) is 2.61. The van der Waals surface area contributed by atoms with Gasteiger partial charge in [0.25, 0.3) is 0 Å². The summed E-state index contributed by atoms with van der Waals surface area (Å²) < 4.78 is 10.9. The number of carbonyl (C=O) groups is 2. The Kier molecular flexibility index (Phi) is 9.14. The Morgan fingerprint density at radius 1 is 1.16 bits per heavy atom. The number of hydrogen-bond donors (Lipinski definition) is 2. The molecule has 0 fully saturated rings. The van der Waals surface area contributed by atoms with Crippen molar-refractivity contribution in [1.82, 2.24) is 10.6 Å². The molecule has 0 aromatic heterocycles. The SMILES string of the molecule is CCCOc1ccc(/C=C/C(=O)NCCNC(=O)C(C)C)cc1OC. The molecule has 0 aliphatic carbocycles. The van der Waals surface area contributed by atoms with Gasteiger partial charge in [-0.2, -0.15) is 0 Å². The molecule has 0 saturated carbocycles. The number of ether oxygens (including phenoxy) is 2. The molecular weight excluding hydrogens is 320 g/mol. The molecule has 1 aromatic carbocycles. The number of methoxy groups -OCH3 is 1. The Balaban J connectivity index is 2.48. The molecule has 0 unspecified atom stereocenters. The van der Waals surface area contributed by atoms with Crippen LogP contribution in [0, 0.1) is 5.92 Å². The topological polar surface area (TPSA) is 76.7 Å². The van der Waals surface area contributed by atoms with Gasteiger partial charge >= 0.3 is 0 Å². The van der Waals surface area contributed by atoms with E-state index in [9.17, 15) is 9.59 Å². The number of hydrogen-bond acceptors (Lipinski definition) is 4. The summed E-state index contributed by atoms with van der Waals surface area (Å²) in [4.78, 5) is 23.2. The highest BCUT2D eigenvalue weighted by Crippen LogP contribution is 2.28. The van der Waals surface area contributed by atoms with Crippen molar-refractivity contribution in [3.63, 3.8) is 0 Å². The highest BCUT2D eigenvalue weighted by Gasteiger charge is 2.06. The third kappa shape index (κ3) is 7.74. The van der Waals surface area contributed by atoms with Crippen molar-refractivity contribution in [2.45, 2.75) is 27.2 Å². The molecule has 2 amide bonds. The van der Waals surface area contributed by atoms with Crippen molar-refractivity contribution < 1.29 is 19.1 Å². The van der Waals surface area contributed by atoms with Gasteiger partial charge in [-0.1, -0.05) is 26.8 Å². The zero-order valence-corrected chi connectivity index (χ0v) is 15.4. The van der Waals surface area contributed by atoms with Crippen LogP contribution < -0.4 is 20.1 Å². The van der Waals surface area contributed by atoms with E-state index >= 15 is 0 Å². The van der Waals surface area contributed by atoms with Crippen molar-refractivity contribution in [3.05, 3.63) is 29.8 Å². The average molecular weight is 348 g/mol. The Bertz CT molecular complexity index is 597. The van der Waals surface area contributed by atoms with Gasteiger partial charge in [0.2, 0.25) is 11.8 Å². The molecule has 0 atom stereocenters. The molecule has 6 heteroatoms. The van der Waals surface area contributed by atoms with Gasteiger partial charge in [0.05, 0.1) is 13.7 Å². The van der Waals surface area contributed by atoms with E-state index in [-0.39, 0.29) is 17.7 Å². The second kappa shape index (κ2) is 11.1. The largest absolute Gasteiger partial charge is 0.493 e. The van der Waals surface area contributed by atoms with Gasteiger partial charge in [0.15, 0.2) is 11.5 Å². The standard InChI is InChI=1S/C19H28N2O4/c1-5-12-25-16-8-6-15(13-17(16)24-4)7-9-18(22)20-10-11-21-19(23)14(2)3/h6-9,13-14H,5,10-12H2,1-4H3,(H,20,22)(H,21,23)/b9-7+. The maximum Gasteiger partial charge on any atom is 0.244 e. The molecule has 0 heterocycles. The lowest BCUT2D eigenvalue weighted by atomic mass is 10.2. The molecule has 0 radical (unpaired) electrons. The van der Waals surface area contributed by atoms with Gasteiger partial charge in [-0.15, -0.1) is 0 Å². The molecule has 0 aliphatic rings. The van der Waals surface area contributed by atoms with Crippen molar-refractivity contribution >= 4 is 17.9 Å². The van der Waals surface area contributed by atoms with Crippen LogP contribution in [0.25, 0.3) is 6.08 Å². The molecule has 138 valence electrons. The van der Waals surface area contributed by atoms with Crippen LogP contribution in [0.3, 0.4) is 0 Å². The molecular formula is C19H28N2O4. The third-order valence-electron chi connectivity index (χ3n) is 3.32. The first-order valence-electron chi connectivity index (χ1n) is 8.52. The summed E-state index contributed by atoms with van der Waals surface area (Å²) in [5, 5.41) is 5.46. The Morgan fingerprint density at radius 2 is 1.88 bits per heavy atom. The van der Waals surface area contributed by atoms with Crippen LogP contribution in [0.1, 0.15) is 32.8 Å². The van der Waals surface area contributed by atoms with Crippen molar-refractivity contribution in [2.24, 2.45) is 5.92 Å². The zero-order chi connectivity index (χ0) is 18.7. The lowest BCUT2D eigenvalue weighted by Gasteiger charge is -2.10. The molecule has 1 aromatic rings. The minimum Gasteiger partial charge on any atom is -0.493 e. The fourth-order valence-corrected chi connectivity index (χ4v) is 1.93. The Morgan fingerprint density at radius 3 is 2.52 bits per heavy atom. The normalized spacial score (nSPS) is 10.8. The monoisotopic (exact) mass is 348 g/mol. The van der Waals surface area contributed by atoms with E-state index in [0.29, 0.717) is 31.2 Å². The van der Waals surface area contributed by atoms with Gasteiger partial charge in [0, 0.05) is 25.1 Å². The first kappa shape index (κ1) is 20.5. The van der Waals surface area contributed by atoms with E-state index in [0.717, 1.165) is 12.0 Å². The lowest BCUT2D eigenvalue weighted by molar-refractivity contribution is -0.124. The Labute approximate surface area is 149 Å². The Hall–Kier alpha value is -2.50. The number of rotatable bonds is 10. The van der Waals surface area contributed by atoms with Crippen LogP contribution in [0.5, 0.6) is 11.5 Å². The first-order valence-corrected chi connectivity index (χ1v) is 8.52. The zero-order valence-electron chi connectivity index (χ0n) is 15.4. The number of nitrogens with one attached hydrogen (secondary N) is 2. The van der Waals surface area contributed by atoms with Crippen LogP contribution in [-0.2, 0) is 9.59 Å². The van der Waals surface area contributed by atoms with Crippen LogP contribution in [0.15, 0.2) is 24.3 Å². The predicted octanol–water partition coefficient (Wildman–Crippen LogP) is 2.39. The summed E-state index contributed by atoms with van der Waals surface area (Å²) in [6.07, 6.45) is 4.07. The maximum absolute atomic E-state index is 11.8. The van der Waals surface area contributed by atoms with Gasteiger partial charge < -0.3 is 20.1 Å². The van der Waals surface area contributed by atoms with E-state index in [1.54, 1.807) is 13.2 Å². The highest BCUT2D eigenvalue weighted by atomic mass is 16.5. The van der Waals surface area contributed by atoms with E-state index < -0.39 is 0 Å². The first-order chi connectivity index (χ1) is 12.0. The maximum atomic E-state index is 11.8. The van der Waals surface area contributed by atoms with Gasteiger partial charge in [-0.3, -0.25) is 9.59 Å². The van der Waals surface area contributed by atoms with Gasteiger partial charge in [0.1, 0.15) is 0 Å². The fraction of sp³-hybridized carbons (Fsp3) is 0.474. The molecule has 6 nitrogen and oxygen atoms in total. The van der Waals surface area contributed by atoms with Crippen LogP contribution in [0.4, 0.5) is 0 Å². The molecule has 0 aliphatic heterocycles. The minimum absolute atomic E-state index is 0.0257. The minimum atomic E-state index is -0.218. The molecule has 0 saturated heterocycles. The summed E-state index contributed by atoms with van der Waals surface area (Å²) in [6.45, 7) is 7.10. The van der Waals surface area contributed by atoms with E-state index in [2.05, 4.69) is 10.6 Å². The third-order valence-corrected chi connectivity index (χ3v) is 3.32. The van der Waals surface area contributed by atoms with Crippen molar-refractivity contribution in [1.29, 1.82) is 0 Å². The number of benzene rings is 1. The van der Waals surface area contributed by atoms with E-state index in [4.69, 9.17) is 9.47 Å². The summed E-state index contributed by atoms with van der Waals surface area (Å²) in [5.41, 5.74) is 0.837. The van der Waals surface area contributed by atoms with Gasteiger partial charge in [-0.25, -0.2) is 0 Å². The summed E-state index contributed by atoms with van der Waals surface area (Å²) in [6, 6.07) is 5.51. The second-order valence-corrected chi connectivity index (χ2v) is 5.83. The second-order valence-electron chi connectivity index (χ2n) is 5.83. The quantitative estimate of drug-likeness (QED) is 0.503. The molecule has 25 heavy (non-hydrogen) atoms. The highest BCUT2D eigenvalue weighted by molar-refractivity contribution is 5.91. The predicted molar refractivity (Wildman–Crippen MR) is 98.7 cm³/mol. The summed E-state index contributed by atoms with van der Waals surface area (Å²) in [5.74, 6) is 1.01. The molecule has 0 spiro atoms. The lowest BCUT2D eigenvalue weighted by Crippen LogP contribution is -2.35. The number of carbonyl (C=O) groups excluding carboxylic acids is 2. The van der Waals surface area contributed by atoms with E-state index in [1.165, 1.54) is 6.08 Å². The fourth-order valence-electron chi connectivity index (χ4n) is 1.93. The van der Waals surface area contributed by atoms with E-state index in [1.807, 2.05) is 39.0 Å². The van der Waals surface area contributed by atoms with Gasteiger partial charge in [-0.05, 0) is 30.2 Å². The summed E-state index contributed by atoms with van der Waals surface area (Å²) in [7, 11) is 1.58. The van der Waals surface area contributed by atoms with Crippen molar-refractivity contribution in [2.75, 3.05) is 26.8 Å². The van der Waals surface area contributed by atoms with Crippen LogP contribution >= 0.6 is 0 Å². The number of amides is 2. The van der Waals surface area contributed by atoms with Crippen LogP contribution in [0.2, 0.25) is 0 Å². The molecule has 1 rings (SSSR count). The van der Waals surface area contributed by atoms with Crippen LogP contribution in [-0.4, -0.2) is 38.6 Å². The molecule has 0 bridgehead atoms. The van der Waals surface area contributed by atoms with Crippen molar-refractivity contribution in [3.8, 4) is 11.5 Å². The molecule has 2 N–H and O–H groups in total. The smallest absolute Gasteiger partial charge is 0.244 e. The summed E-state index contributed by atoms with van der Waals surface area (Å²) >= 11 is 0.